The monoisotopic (exact) mass is 379 g/mol. The number of para-hydroxylation sites is 1. The number of nitrogens with one attached hydrogen (secondary N) is 1. The van der Waals surface area contributed by atoms with E-state index < -0.39 is 0 Å². The van der Waals surface area contributed by atoms with Crippen LogP contribution in [0.25, 0.3) is 0 Å². The van der Waals surface area contributed by atoms with Gasteiger partial charge >= 0.3 is 6.03 Å². The molecule has 0 aliphatic carbocycles. The molecule has 0 unspecified atom stereocenters. The SMILES string of the molecule is C=CCN(C[C@@H]1CC(c2ccccc2OC)=NO1)C(=O)Nc1cccc(C)c1. The fraction of sp³-hybridized carbons (Fsp3) is 0.273. The normalized spacial score (nSPS) is 15.4. The molecule has 0 saturated carbocycles. The van der Waals surface area contributed by atoms with Crippen LogP contribution in [0.4, 0.5) is 10.5 Å². The van der Waals surface area contributed by atoms with E-state index in [1.54, 1.807) is 18.1 Å². The van der Waals surface area contributed by atoms with E-state index in [0.29, 0.717) is 19.5 Å². The Balaban J connectivity index is 1.63. The maximum absolute atomic E-state index is 12.7. The summed E-state index contributed by atoms with van der Waals surface area (Å²) in [6, 6.07) is 15.2. The zero-order chi connectivity index (χ0) is 19.9. The number of methoxy groups -OCH3 is 1. The van der Waals surface area contributed by atoms with Crippen molar-refractivity contribution < 1.29 is 14.4 Å². The molecule has 0 spiro atoms. The van der Waals surface area contributed by atoms with Crippen LogP contribution in [-0.4, -0.2) is 42.9 Å². The van der Waals surface area contributed by atoms with Gasteiger partial charge in [-0.25, -0.2) is 4.79 Å². The van der Waals surface area contributed by atoms with E-state index in [9.17, 15) is 4.79 Å². The zero-order valence-electron chi connectivity index (χ0n) is 16.2. The van der Waals surface area contributed by atoms with Gasteiger partial charge in [0.25, 0.3) is 0 Å². The summed E-state index contributed by atoms with van der Waals surface area (Å²) in [5.41, 5.74) is 3.58. The lowest BCUT2D eigenvalue weighted by atomic mass is 10.0. The average Bonchev–Trinajstić information content (AvgIpc) is 3.16. The van der Waals surface area contributed by atoms with Gasteiger partial charge in [0.15, 0.2) is 6.10 Å². The minimum absolute atomic E-state index is 0.195. The summed E-state index contributed by atoms with van der Waals surface area (Å²) < 4.78 is 5.40. The van der Waals surface area contributed by atoms with Crippen LogP contribution in [0.5, 0.6) is 5.75 Å². The van der Waals surface area contributed by atoms with E-state index in [-0.39, 0.29) is 12.1 Å². The van der Waals surface area contributed by atoms with Gasteiger partial charge in [-0.2, -0.15) is 0 Å². The number of ether oxygens (including phenoxy) is 1. The fourth-order valence-electron chi connectivity index (χ4n) is 3.14. The summed E-state index contributed by atoms with van der Waals surface area (Å²) in [6.07, 6.45) is 2.08. The summed E-state index contributed by atoms with van der Waals surface area (Å²) in [7, 11) is 1.63. The van der Waals surface area contributed by atoms with Crippen molar-refractivity contribution in [2.24, 2.45) is 5.16 Å². The highest BCUT2D eigenvalue weighted by Gasteiger charge is 2.27. The Morgan fingerprint density at radius 2 is 2.18 bits per heavy atom. The van der Waals surface area contributed by atoms with Gasteiger partial charge in [-0.1, -0.05) is 35.5 Å². The van der Waals surface area contributed by atoms with Crippen molar-refractivity contribution in [2.45, 2.75) is 19.4 Å². The first-order valence-electron chi connectivity index (χ1n) is 9.20. The number of urea groups is 1. The Kier molecular flexibility index (Phi) is 6.32. The van der Waals surface area contributed by atoms with Crippen LogP contribution in [-0.2, 0) is 4.84 Å². The standard InChI is InChI=1S/C22H25N3O3/c1-4-12-25(22(26)23-17-9-7-8-16(2)13-17)15-18-14-20(24-28-18)19-10-5-6-11-21(19)27-3/h4-11,13,18H,1,12,14-15H2,2-3H3,(H,23,26)/t18-/m0/s1. The van der Waals surface area contributed by atoms with E-state index in [4.69, 9.17) is 9.57 Å². The number of oxime groups is 1. The van der Waals surface area contributed by atoms with Gasteiger partial charge in [-0.15, -0.1) is 6.58 Å². The van der Waals surface area contributed by atoms with E-state index in [0.717, 1.165) is 28.3 Å². The van der Waals surface area contributed by atoms with Gasteiger partial charge < -0.3 is 19.8 Å². The van der Waals surface area contributed by atoms with Gasteiger partial charge in [0.2, 0.25) is 0 Å². The lowest BCUT2D eigenvalue weighted by Gasteiger charge is -2.24. The molecule has 1 heterocycles. The van der Waals surface area contributed by atoms with Crippen LogP contribution in [0.1, 0.15) is 17.5 Å². The Morgan fingerprint density at radius 3 is 2.93 bits per heavy atom. The smallest absolute Gasteiger partial charge is 0.322 e. The van der Waals surface area contributed by atoms with Crippen LogP contribution in [0.3, 0.4) is 0 Å². The summed E-state index contributed by atoms with van der Waals surface area (Å²) >= 11 is 0. The molecule has 2 amide bonds. The third-order valence-electron chi connectivity index (χ3n) is 4.48. The molecule has 2 aromatic rings. The van der Waals surface area contributed by atoms with Crippen LogP contribution in [0.15, 0.2) is 66.3 Å². The van der Waals surface area contributed by atoms with Gasteiger partial charge in [0.05, 0.1) is 19.4 Å². The van der Waals surface area contributed by atoms with Crippen molar-refractivity contribution in [3.8, 4) is 5.75 Å². The van der Waals surface area contributed by atoms with Gasteiger partial charge in [0.1, 0.15) is 5.75 Å². The van der Waals surface area contributed by atoms with E-state index in [1.807, 2.05) is 55.5 Å². The Labute approximate surface area is 165 Å². The highest BCUT2D eigenvalue weighted by atomic mass is 16.6. The highest BCUT2D eigenvalue weighted by molar-refractivity contribution is 6.03. The summed E-state index contributed by atoms with van der Waals surface area (Å²) in [6.45, 7) is 6.57. The van der Waals surface area contributed by atoms with Crippen LogP contribution in [0.2, 0.25) is 0 Å². The number of nitrogens with zero attached hydrogens (tertiary/aromatic N) is 2. The first-order chi connectivity index (χ1) is 13.6. The minimum atomic E-state index is -0.219. The van der Waals surface area contributed by atoms with Gasteiger partial charge in [0, 0.05) is 24.2 Å². The Morgan fingerprint density at radius 1 is 1.36 bits per heavy atom. The van der Waals surface area contributed by atoms with Crippen LogP contribution in [0, 0.1) is 6.92 Å². The predicted molar refractivity (Wildman–Crippen MR) is 111 cm³/mol. The summed E-state index contributed by atoms with van der Waals surface area (Å²) in [4.78, 5) is 20.0. The minimum Gasteiger partial charge on any atom is -0.496 e. The van der Waals surface area contributed by atoms with Crippen molar-refractivity contribution in [1.82, 2.24) is 4.90 Å². The van der Waals surface area contributed by atoms with Crippen LogP contribution >= 0.6 is 0 Å². The Bertz CT molecular complexity index is 879. The molecule has 6 heteroatoms. The summed E-state index contributed by atoms with van der Waals surface area (Å²) in [5, 5.41) is 7.15. The maximum atomic E-state index is 12.7. The summed E-state index contributed by atoms with van der Waals surface area (Å²) in [5.74, 6) is 0.755. The molecule has 2 aromatic carbocycles. The molecule has 146 valence electrons. The molecule has 0 bridgehead atoms. The molecule has 1 atom stereocenters. The number of carbonyl (C=O) groups is 1. The first kappa shape index (κ1) is 19.5. The number of hydrogen-bond acceptors (Lipinski definition) is 4. The highest BCUT2D eigenvalue weighted by Crippen LogP contribution is 2.25. The zero-order valence-corrected chi connectivity index (χ0v) is 16.2. The third kappa shape index (κ3) is 4.71. The molecule has 1 aliphatic heterocycles. The molecular weight excluding hydrogens is 354 g/mol. The number of hydrogen-bond donors (Lipinski definition) is 1. The molecule has 0 radical (unpaired) electrons. The molecule has 28 heavy (non-hydrogen) atoms. The predicted octanol–water partition coefficient (Wildman–Crippen LogP) is 4.22. The lowest BCUT2D eigenvalue weighted by molar-refractivity contribution is 0.0645. The topological polar surface area (TPSA) is 63.2 Å². The number of aryl methyl sites for hydroxylation is 1. The van der Waals surface area contributed by atoms with Crippen molar-refractivity contribution in [3.05, 3.63) is 72.3 Å². The lowest BCUT2D eigenvalue weighted by Crippen LogP contribution is -2.40. The Hall–Kier alpha value is -3.28. The van der Waals surface area contributed by atoms with E-state index in [1.165, 1.54) is 0 Å². The van der Waals surface area contributed by atoms with Crippen molar-refractivity contribution in [2.75, 3.05) is 25.5 Å². The van der Waals surface area contributed by atoms with Crippen LogP contribution < -0.4 is 10.1 Å². The van der Waals surface area contributed by atoms with E-state index in [2.05, 4.69) is 17.1 Å². The largest absolute Gasteiger partial charge is 0.496 e. The van der Waals surface area contributed by atoms with E-state index >= 15 is 0 Å². The number of amides is 2. The maximum Gasteiger partial charge on any atom is 0.322 e. The number of anilines is 1. The first-order valence-corrected chi connectivity index (χ1v) is 9.20. The molecule has 1 aliphatic rings. The average molecular weight is 379 g/mol. The quantitative estimate of drug-likeness (QED) is 0.733. The van der Waals surface area contributed by atoms with Gasteiger partial charge in [-0.05, 0) is 36.8 Å². The second-order valence-corrected chi connectivity index (χ2v) is 6.66. The molecule has 1 N–H and O–H groups in total. The molecule has 0 fully saturated rings. The molecular formula is C22H25N3O3. The second kappa shape index (κ2) is 9.08. The molecule has 6 nitrogen and oxygen atoms in total. The molecule has 3 rings (SSSR count). The van der Waals surface area contributed by atoms with Crippen molar-refractivity contribution in [3.63, 3.8) is 0 Å². The third-order valence-corrected chi connectivity index (χ3v) is 4.48. The number of carbonyl (C=O) groups excluding carboxylic acids is 1. The number of rotatable bonds is 7. The van der Waals surface area contributed by atoms with Gasteiger partial charge in [-0.3, -0.25) is 0 Å². The number of benzene rings is 2. The molecule has 0 aromatic heterocycles. The second-order valence-electron chi connectivity index (χ2n) is 6.66. The fourth-order valence-corrected chi connectivity index (χ4v) is 3.14. The van der Waals surface area contributed by atoms with Crippen molar-refractivity contribution in [1.29, 1.82) is 0 Å². The van der Waals surface area contributed by atoms with Crippen molar-refractivity contribution >= 4 is 17.4 Å². The molecule has 0 saturated heterocycles.